The minimum atomic E-state index is 0.291. The molecule has 0 aromatic carbocycles. The Balaban J connectivity index is 2.53. The Morgan fingerprint density at radius 2 is 2.42 bits per heavy atom. The van der Waals surface area contributed by atoms with E-state index in [9.17, 15) is 4.79 Å². The Hall–Kier alpha value is -0.850. The van der Waals surface area contributed by atoms with Crippen LogP contribution in [0.2, 0.25) is 0 Å². The SMILES string of the molecule is C/C=C\C1=CCC(C(C)=O)CC1. The summed E-state index contributed by atoms with van der Waals surface area (Å²) in [5.41, 5.74) is 1.38. The summed E-state index contributed by atoms with van der Waals surface area (Å²) in [6, 6.07) is 0. The van der Waals surface area contributed by atoms with Crippen LogP contribution < -0.4 is 0 Å². The molecule has 1 rings (SSSR count). The molecule has 1 aliphatic carbocycles. The molecule has 0 amide bonds. The summed E-state index contributed by atoms with van der Waals surface area (Å²) in [7, 11) is 0. The zero-order valence-corrected chi connectivity index (χ0v) is 7.84. The van der Waals surface area contributed by atoms with Crippen LogP contribution in [0.4, 0.5) is 0 Å². The molecule has 0 aromatic heterocycles. The van der Waals surface area contributed by atoms with Crippen molar-refractivity contribution in [1.82, 2.24) is 0 Å². The monoisotopic (exact) mass is 164 g/mol. The quantitative estimate of drug-likeness (QED) is 0.613. The molecule has 0 aromatic rings. The number of carbonyl (C=O) groups excluding carboxylic acids is 1. The Morgan fingerprint density at radius 3 is 2.83 bits per heavy atom. The molecular formula is C11H16O. The number of hydrogen-bond donors (Lipinski definition) is 0. The van der Waals surface area contributed by atoms with E-state index >= 15 is 0 Å². The third kappa shape index (κ3) is 2.33. The van der Waals surface area contributed by atoms with Gasteiger partial charge in [0.2, 0.25) is 0 Å². The van der Waals surface area contributed by atoms with Crippen LogP contribution in [0.25, 0.3) is 0 Å². The molecule has 0 saturated heterocycles. The molecule has 1 atom stereocenters. The fourth-order valence-corrected chi connectivity index (χ4v) is 1.59. The molecule has 0 aliphatic heterocycles. The maximum atomic E-state index is 11.0. The lowest BCUT2D eigenvalue weighted by atomic mass is 9.87. The van der Waals surface area contributed by atoms with Crippen molar-refractivity contribution in [2.75, 3.05) is 0 Å². The molecule has 1 aliphatic rings. The van der Waals surface area contributed by atoms with Crippen molar-refractivity contribution in [2.24, 2.45) is 5.92 Å². The van der Waals surface area contributed by atoms with Crippen molar-refractivity contribution in [2.45, 2.75) is 33.1 Å². The first-order valence-electron chi connectivity index (χ1n) is 4.56. The largest absolute Gasteiger partial charge is 0.300 e. The highest BCUT2D eigenvalue weighted by molar-refractivity contribution is 5.78. The topological polar surface area (TPSA) is 17.1 Å². The van der Waals surface area contributed by atoms with Gasteiger partial charge in [-0.3, -0.25) is 4.79 Å². The van der Waals surface area contributed by atoms with Crippen LogP contribution in [0.1, 0.15) is 33.1 Å². The summed E-state index contributed by atoms with van der Waals surface area (Å²) < 4.78 is 0. The standard InChI is InChI=1S/C11H16O/c1-3-4-10-5-7-11(8-6-10)9(2)12/h3-5,11H,6-8H2,1-2H3/b4-3-. The van der Waals surface area contributed by atoms with Gasteiger partial charge in [-0.05, 0) is 33.1 Å². The third-order valence-electron chi connectivity index (χ3n) is 2.40. The van der Waals surface area contributed by atoms with Gasteiger partial charge >= 0.3 is 0 Å². The van der Waals surface area contributed by atoms with E-state index in [2.05, 4.69) is 18.2 Å². The summed E-state index contributed by atoms with van der Waals surface area (Å²) in [4.78, 5) is 11.0. The van der Waals surface area contributed by atoms with E-state index in [0.29, 0.717) is 11.7 Å². The lowest BCUT2D eigenvalue weighted by molar-refractivity contribution is -0.120. The first-order valence-corrected chi connectivity index (χ1v) is 4.56. The molecule has 1 nitrogen and oxygen atoms in total. The molecule has 12 heavy (non-hydrogen) atoms. The van der Waals surface area contributed by atoms with Crippen molar-refractivity contribution in [3.05, 3.63) is 23.8 Å². The zero-order valence-electron chi connectivity index (χ0n) is 7.84. The molecule has 0 spiro atoms. The van der Waals surface area contributed by atoms with E-state index in [1.165, 1.54) is 5.57 Å². The van der Waals surface area contributed by atoms with Gasteiger partial charge < -0.3 is 0 Å². The van der Waals surface area contributed by atoms with Gasteiger partial charge in [0.15, 0.2) is 0 Å². The second-order valence-corrected chi connectivity index (χ2v) is 3.36. The Morgan fingerprint density at radius 1 is 1.67 bits per heavy atom. The van der Waals surface area contributed by atoms with Gasteiger partial charge in [0.1, 0.15) is 5.78 Å². The smallest absolute Gasteiger partial charge is 0.133 e. The number of carbonyl (C=O) groups is 1. The van der Waals surface area contributed by atoms with E-state index < -0.39 is 0 Å². The predicted octanol–water partition coefficient (Wildman–Crippen LogP) is 2.88. The van der Waals surface area contributed by atoms with Crippen molar-refractivity contribution in [3.63, 3.8) is 0 Å². The van der Waals surface area contributed by atoms with Gasteiger partial charge in [-0.15, -0.1) is 0 Å². The molecule has 0 saturated carbocycles. The van der Waals surface area contributed by atoms with Gasteiger partial charge in [0, 0.05) is 5.92 Å². The highest BCUT2D eigenvalue weighted by Crippen LogP contribution is 2.24. The molecular weight excluding hydrogens is 148 g/mol. The van der Waals surface area contributed by atoms with Crippen LogP contribution in [-0.2, 0) is 4.79 Å². The minimum absolute atomic E-state index is 0.291. The van der Waals surface area contributed by atoms with Gasteiger partial charge in [0.05, 0.1) is 0 Å². The molecule has 0 radical (unpaired) electrons. The maximum Gasteiger partial charge on any atom is 0.133 e. The predicted molar refractivity (Wildman–Crippen MR) is 50.9 cm³/mol. The van der Waals surface area contributed by atoms with Crippen LogP contribution >= 0.6 is 0 Å². The highest BCUT2D eigenvalue weighted by atomic mass is 16.1. The Bertz CT molecular complexity index is 223. The number of Topliss-reactive ketones (excluding diaryl/α,β-unsaturated/α-hetero) is 1. The van der Waals surface area contributed by atoms with E-state index in [1.54, 1.807) is 6.92 Å². The van der Waals surface area contributed by atoms with Gasteiger partial charge in [-0.1, -0.05) is 23.8 Å². The molecule has 1 unspecified atom stereocenters. The van der Waals surface area contributed by atoms with Gasteiger partial charge in [0.25, 0.3) is 0 Å². The number of allylic oxidation sites excluding steroid dienone is 4. The average molecular weight is 164 g/mol. The lowest BCUT2D eigenvalue weighted by Crippen LogP contribution is -2.13. The van der Waals surface area contributed by atoms with Crippen molar-refractivity contribution in [3.8, 4) is 0 Å². The number of rotatable bonds is 2. The van der Waals surface area contributed by atoms with E-state index in [-0.39, 0.29) is 0 Å². The zero-order chi connectivity index (χ0) is 8.97. The Labute approximate surface area is 74.2 Å². The second-order valence-electron chi connectivity index (χ2n) is 3.36. The van der Waals surface area contributed by atoms with Gasteiger partial charge in [-0.25, -0.2) is 0 Å². The third-order valence-corrected chi connectivity index (χ3v) is 2.40. The normalized spacial score (nSPS) is 24.2. The van der Waals surface area contributed by atoms with Crippen molar-refractivity contribution < 1.29 is 4.79 Å². The number of ketones is 1. The summed E-state index contributed by atoms with van der Waals surface area (Å²) >= 11 is 0. The van der Waals surface area contributed by atoms with E-state index in [1.807, 2.05) is 6.92 Å². The maximum absolute atomic E-state index is 11.0. The second kappa shape index (κ2) is 4.24. The summed E-state index contributed by atoms with van der Waals surface area (Å²) in [6.07, 6.45) is 9.42. The Kier molecular flexibility index (Phi) is 3.27. The molecule has 0 bridgehead atoms. The number of hydrogen-bond acceptors (Lipinski definition) is 1. The van der Waals surface area contributed by atoms with Crippen LogP contribution in [0.5, 0.6) is 0 Å². The van der Waals surface area contributed by atoms with Crippen molar-refractivity contribution in [1.29, 1.82) is 0 Å². The lowest BCUT2D eigenvalue weighted by Gasteiger charge is -2.17. The fourth-order valence-electron chi connectivity index (χ4n) is 1.59. The van der Waals surface area contributed by atoms with E-state index in [4.69, 9.17) is 0 Å². The van der Waals surface area contributed by atoms with Crippen molar-refractivity contribution >= 4 is 5.78 Å². The van der Waals surface area contributed by atoms with Crippen LogP contribution in [0, 0.1) is 5.92 Å². The van der Waals surface area contributed by atoms with E-state index in [0.717, 1.165) is 19.3 Å². The average Bonchev–Trinajstić information content (AvgIpc) is 2.06. The minimum Gasteiger partial charge on any atom is -0.300 e. The highest BCUT2D eigenvalue weighted by Gasteiger charge is 2.16. The molecule has 0 N–H and O–H groups in total. The molecule has 0 heterocycles. The van der Waals surface area contributed by atoms with Crippen LogP contribution in [-0.4, -0.2) is 5.78 Å². The van der Waals surface area contributed by atoms with Crippen LogP contribution in [0.15, 0.2) is 23.8 Å². The summed E-state index contributed by atoms with van der Waals surface area (Å²) in [5, 5.41) is 0. The molecule has 0 fully saturated rings. The van der Waals surface area contributed by atoms with Crippen LogP contribution in [0.3, 0.4) is 0 Å². The fraction of sp³-hybridized carbons (Fsp3) is 0.545. The molecule has 66 valence electrons. The summed E-state index contributed by atoms with van der Waals surface area (Å²) in [6.45, 7) is 3.72. The summed E-state index contributed by atoms with van der Waals surface area (Å²) in [5.74, 6) is 0.629. The first kappa shape index (κ1) is 9.24. The first-order chi connectivity index (χ1) is 5.74. The molecule has 1 heteroatoms. The van der Waals surface area contributed by atoms with Gasteiger partial charge in [-0.2, -0.15) is 0 Å².